The minimum Gasteiger partial charge on any atom is -0.370 e. The summed E-state index contributed by atoms with van der Waals surface area (Å²) >= 11 is 0. The highest BCUT2D eigenvalue weighted by Gasteiger charge is 2.23. The maximum atomic E-state index is 5.73. The Bertz CT molecular complexity index is 503. The molecular formula is C13H17ClN2O. The third-order valence-corrected chi connectivity index (χ3v) is 3.22. The molecule has 0 bridgehead atoms. The van der Waals surface area contributed by atoms with E-state index in [1.807, 2.05) is 6.07 Å². The predicted octanol–water partition coefficient (Wildman–Crippen LogP) is 3.33. The van der Waals surface area contributed by atoms with E-state index in [1.165, 1.54) is 5.52 Å². The first-order valence-electron chi connectivity index (χ1n) is 5.97. The van der Waals surface area contributed by atoms with Gasteiger partial charge in [-0.3, -0.25) is 0 Å². The van der Waals surface area contributed by atoms with Gasteiger partial charge in [-0.2, -0.15) is 0 Å². The summed E-state index contributed by atoms with van der Waals surface area (Å²) < 4.78 is 8.00. The van der Waals surface area contributed by atoms with Crippen LogP contribution in [0.3, 0.4) is 0 Å². The molecule has 0 N–H and O–H groups in total. The van der Waals surface area contributed by atoms with Gasteiger partial charge in [-0.1, -0.05) is 12.1 Å². The summed E-state index contributed by atoms with van der Waals surface area (Å²) in [6.07, 6.45) is 2.45. The number of hydrogen-bond donors (Lipinski definition) is 0. The minimum absolute atomic E-state index is 0. The molecule has 0 saturated carbocycles. The molecule has 2 heterocycles. The van der Waals surface area contributed by atoms with Crippen LogP contribution in [0.4, 0.5) is 0 Å². The molecular weight excluding hydrogens is 236 g/mol. The summed E-state index contributed by atoms with van der Waals surface area (Å²) in [7, 11) is 0. The maximum absolute atomic E-state index is 5.73. The van der Waals surface area contributed by atoms with Crippen LogP contribution >= 0.6 is 12.4 Å². The Hall–Kier alpha value is -1.06. The molecule has 3 nitrogen and oxygen atoms in total. The molecule has 1 aliphatic rings. The van der Waals surface area contributed by atoms with E-state index in [2.05, 4.69) is 29.7 Å². The van der Waals surface area contributed by atoms with Gasteiger partial charge in [0.25, 0.3) is 0 Å². The van der Waals surface area contributed by atoms with E-state index in [0.717, 1.165) is 37.3 Å². The molecule has 0 radical (unpaired) electrons. The van der Waals surface area contributed by atoms with Crippen LogP contribution in [0.25, 0.3) is 11.0 Å². The van der Waals surface area contributed by atoms with Gasteiger partial charge in [0.05, 0.1) is 11.0 Å². The van der Waals surface area contributed by atoms with Gasteiger partial charge in [0.2, 0.25) is 0 Å². The molecule has 1 atom stereocenters. The average Bonchev–Trinajstić information content (AvgIpc) is 2.95. The number of rotatable bonds is 2. The number of para-hydroxylation sites is 2. The van der Waals surface area contributed by atoms with E-state index in [9.17, 15) is 0 Å². The molecule has 0 aliphatic carbocycles. The number of aryl methyl sites for hydroxylation is 1. The molecule has 17 heavy (non-hydrogen) atoms. The molecule has 1 fully saturated rings. The number of nitrogens with zero attached hydrogens (tertiary/aromatic N) is 2. The van der Waals surface area contributed by atoms with E-state index in [4.69, 9.17) is 9.72 Å². The summed E-state index contributed by atoms with van der Waals surface area (Å²) in [6, 6.07) is 8.30. The zero-order valence-electron chi connectivity index (χ0n) is 9.93. The van der Waals surface area contributed by atoms with Crippen LogP contribution in [-0.2, 0) is 11.3 Å². The highest BCUT2D eigenvalue weighted by atomic mass is 35.5. The van der Waals surface area contributed by atoms with Crippen molar-refractivity contribution in [2.75, 3.05) is 6.61 Å². The molecule has 1 aliphatic heterocycles. The zero-order valence-corrected chi connectivity index (χ0v) is 10.7. The van der Waals surface area contributed by atoms with E-state index < -0.39 is 0 Å². The van der Waals surface area contributed by atoms with Crippen LogP contribution in [-0.4, -0.2) is 16.2 Å². The number of ether oxygens (including phenoxy) is 1. The first-order chi connectivity index (χ1) is 7.90. The smallest absolute Gasteiger partial charge is 0.139 e. The number of fused-ring (bicyclic) bond motifs is 1. The molecule has 0 amide bonds. The number of halogens is 1. The Morgan fingerprint density at radius 3 is 2.94 bits per heavy atom. The SMILES string of the molecule is CCn1c(C2CCCO2)nc2ccccc21.Cl. The van der Waals surface area contributed by atoms with Crippen LogP contribution in [0, 0.1) is 0 Å². The lowest BCUT2D eigenvalue weighted by Crippen LogP contribution is -2.07. The molecule has 0 spiro atoms. The van der Waals surface area contributed by atoms with Crippen molar-refractivity contribution < 1.29 is 4.74 Å². The van der Waals surface area contributed by atoms with Crippen molar-refractivity contribution in [1.29, 1.82) is 0 Å². The molecule has 1 aromatic carbocycles. The van der Waals surface area contributed by atoms with Crippen molar-refractivity contribution in [3.8, 4) is 0 Å². The Morgan fingerprint density at radius 2 is 2.24 bits per heavy atom. The van der Waals surface area contributed by atoms with Gasteiger partial charge in [0.1, 0.15) is 11.9 Å². The fourth-order valence-corrected chi connectivity index (χ4v) is 2.45. The van der Waals surface area contributed by atoms with Crippen LogP contribution in [0.2, 0.25) is 0 Å². The quantitative estimate of drug-likeness (QED) is 0.820. The topological polar surface area (TPSA) is 27.1 Å². The van der Waals surface area contributed by atoms with Crippen molar-refractivity contribution in [1.82, 2.24) is 9.55 Å². The van der Waals surface area contributed by atoms with Crippen LogP contribution < -0.4 is 0 Å². The Labute approximate surface area is 107 Å². The lowest BCUT2D eigenvalue weighted by Gasteiger charge is -2.11. The molecule has 1 unspecified atom stereocenters. The molecule has 2 aromatic rings. The van der Waals surface area contributed by atoms with Crippen molar-refractivity contribution in [3.05, 3.63) is 30.1 Å². The molecule has 1 saturated heterocycles. The van der Waals surface area contributed by atoms with Crippen molar-refractivity contribution in [2.24, 2.45) is 0 Å². The highest BCUT2D eigenvalue weighted by molar-refractivity contribution is 5.85. The van der Waals surface area contributed by atoms with Gasteiger partial charge < -0.3 is 9.30 Å². The minimum atomic E-state index is 0. The summed E-state index contributed by atoms with van der Waals surface area (Å²) in [5, 5.41) is 0. The lowest BCUT2D eigenvalue weighted by molar-refractivity contribution is 0.102. The second kappa shape index (κ2) is 5.07. The molecule has 1 aromatic heterocycles. The Kier molecular flexibility index (Phi) is 3.69. The standard InChI is InChI=1S/C13H16N2O.ClH/c1-2-15-11-7-4-3-6-10(11)14-13(15)12-8-5-9-16-12;/h3-4,6-7,12H,2,5,8-9H2,1H3;1H. The summed E-state index contributed by atoms with van der Waals surface area (Å²) in [4.78, 5) is 4.70. The van der Waals surface area contributed by atoms with Gasteiger partial charge >= 0.3 is 0 Å². The zero-order chi connectivity index (χ0) is 11.0. The number of imidazole rings is 1. The van der Waals surface area contributed by atoms with Gasteiger partial charge in [0, 0.05) is 13.2 Å². The van der Waals surface area contributed by atoms with Crippen LogP contribution in [0.15, 0.2) is 24.3 Å². The van der Waals surface area contributed by atoms with E-state index in [-0.39, 0.29) is 18.5 Å². The first-order valence-corrected chi connectivity index (χ1v) is 5.97. The normalized spacial score (nSPS) is 19.5. The van der Waals surface area contributed by atoms with Gasteiger partial charge in [0.15, 0.2) is 0 Å². The number of aromatic nitrogens is 2. The van der Waals surface area contributed by atoms with Gasteiger partial charge in [-0.25, -0.2) is 4.98 Å². The van der Waals surface area contributed by atoms with Crippen molar-refractivity contribution in [3.63, 3.8) is 0 Å². The highest BCUT2D eigenvalue weighted by Crippen LogP contribution is 2.30. The largest absolute Gasteiger partial charge is 0.370 e. The second-order valence-electron chi connectivity index (χ2n) is 4.20. The van der Waals surface area contributed by atoms with Gasteiger partial charge in [-0.15, -0.1) is 12.4 Å². The summed E-state index contributed by atoms with van der Waals surface area (Å²) in [5.41, 5.74) is 2.30. The van der Waals surface area contributed by atoms with Crippen LogP contribution in [0.1, 0.15) is 31.7 Å². The van der Waals surface area contributed by atoms with Crippen molar-refractivity contribution >= 4 is 23.4 Å². The average molecular weight is 253 g/mol. The van der Waals surface area contributed by atoms with E-state index in [1.54, 1.807) is 0 Å². The second-order valence-corrected chi connectivity index (χ2v) is 4.20. The van der Waals surface area contributed by atoms with Crippen molar-refractivity contribution in [2.45, 2.75) is 32.4 Å². The molecule has 4 heteroatoms. The first kappa shape index (κ1) is 12.4. The Morgan fingerprint density at radius 1 is 1.41 bits per heavy atom. The van der Waals surface area contributed by atoms with Gasteiger partial charge in [-0.05, 0) is 31.9 Å². The van der Waals surface area contributed by atoms with E-state index >= 15 is 0 Å². The monoisotopic (exact) mass is 252 g/mol. The third kappa shape index (κ3) is 2.05. The molecule has 92 valence electrons. The summed E-state index contributed by atoms with van der Waals surface area (Å²) in [5.74, 6) is 1.10. The van der Waals surface area contributed by atoms with Crippen LogP contribution in [0.5, 0.6) is 0 Å². The predicted molar refractivity (Wildman–Crippen MR) is 70.6 cm³/mol. The Balaban J connectivity index is 0.00000108. The maximum Gasteiger partial charge on any atom is 0.139 e. The third-order valence-electron chi connectivity index (χ3n) is 3.22. The molecule has 3 rings (SSSR count). The fraction of sp³-hybridized carbons (Fsp3) is 0.462. The fourth-order valence-electron chi connectivity index (χ4n) is 2.45. The summed E-state index contributed by atoms with van der Waals surface area (Å²) in [6.45, 7) is 3.99. The van der Waals surface area contributed by atoms with E-state index in [0.29, 0.717) is 0 Å². The number of hydrogen-bond acceptors (Lipinski definition) is 2. The lowest BCUT2D eigenvalue weighted by atomic mass is 10.2. The number of benzene rings is 1.